The van der Waals surface area contributed by atoms with E-state index in [1.165, 1.54) is 19.0 Å². The minimum Gasteiger partial charge on any atom is -0.382 e. The predicted octanol–water partition coefficient (Wildman–Crippen LogP) is 1.63. The van der Waals surface area contributed by atoms with Crippen molar-refractivity contribution in [3.63, 3.8) is 0 Å². The lowest BCUT2D eigenvalue weighted by Gasteiger charge is -2.22. The van der Waals surface area contributed by atoms with Crippen LogP contribution in [-0.2, 0) is 32.2 Å². The summed E-state index contributed by atoms with van der Waals surface area (Å²) in [6.45, 7) is -4.31. The zero-order valence-electron chi connectivity index (χ0n) is 21.2. The third-order valence-electron chi connectivity index (χ3n) is 6.72. The number of thiol groups is 1. The summed E-state index contributed by atoms with van der Waals surface area (Å²) in [4.78, 5) is 34.0. The van der Waals surface area contributed by atoms with Crippen LogP contribution in [0.1, 0.15) is 31.7 Å². The lowest BCUT2D eigenvalue weighted by molar-refractivity contribution is -0.0386. The second kappa shape index (κ2) is 11.5. The number of nitrogen functional groups attached to an aromatic ring is 2. The van der Waals surface area contributed by atoms with Crippen molar-refractivity contribution in [2.24, 2.45) is 0 Å². The number of fused-ring (bicyclic) bond motifs is 2. The van der Waals surface area contributed by atoms with E-state index in [1.54, 1.807) is 15.5 Å². The maximum Gasteiger partial charge on any atom is 0.386 e. The molecule has 1 unspecified atom stereocenters. The van der Waals surface area contributed by atoms with Gasteiger partial charge in [-0.05, 0) is 12.8 Å². The Morgan fingerprint density at radius 1 is 0.976 bits per heavy atom. The Hall–Kier alpha value is -2.73. The molecule has 5 N–H and O–H groups in total. The van der Waals surface area contributed by atoms with Crippen LogP contribution < -0.4 is 11.5 Å². The highest BCUT2D eigenvalue weighted by molar-refractivity contribution is 8.44. The smallest absolute Gasteiger partial charge is 0.382 e. The summed E-state index contributed by atoms with van der Waals surface area (Å²) in [5.41, 5.74) is 13.6. The van der Waals surface area contributed by atoms with Gasteiger partial charge in [-0.2, -0.15) is 0 Å². The number of rotatable bonds is 10. The minimum absolute atomic E-state index is 0.0636. The molecule has 0 radical (unpaired) electrons. The van der Waals surface area contributed by atoms with Gasteiger partial charge in [-0.15, -0.1) is 0 Å². The first-order valence-electron chi connectivity index (χ1n) is 12.4. The van der Waals surface area contributed by atoms with E-state index in [1.807, 2.05) is 0 Å². The van der Waals surface area contributed by atoms with Crippen molar-refractivity contribution >= 4 is 61.3 Å². The van der Waals surface area contributed by atoms with Gasteiger partial charge in [-0.25, -0.2) is 34.5 Å². The molecule has 2 aliphatic heterocycles. The van der Waals surface area contributed by atoms with E-state index < -0.39 is 39.6 Å². The molecule has 4 aromatic heterocycles. The minimum atomic E-state index is -3.94. The molecule has 0 aromatic carbocycles. The Morgan fingerprint density at radius 2 is 1.61 bits per heavy atom. The number of imidazole rings is 2. The Kier molecular flexibility index (Phi) is 7.97. The predicted molar refractivity (Wildman–Crippen MR) is 146 cm³/mol. The number of hydrogen-bond donors (Lipinski definition) is 4. The fraction of sp³-hybridized carbons (Fsp3) is 0.500. The fourth-order valence-corrected chi connectivity index (χ4v) is 6.69. The largest absolute Gasteiger partial charge is 0.386 e. The van der Waals surface area contributed by atoms with Gasteiger partial charge in [0.25, 0.3) is 0 Å². The van der Waals surface area contributed by atoms with Crippen LogP contribution in [0.3, 0.4) is 0 Å². The van der Waals surface area contributed by atoms with E-state index in [4.69, 9.17) is 34.5 Å². The van der Waals surface area contributed by atoms with Crippen LogP contribution in [-0.4, -0.2) is 75.5 Å². The molecule has 2 aliphatic rings. The van der Waals surface area contributed by atoms with Gasteiger partial charge in [-0.3, -0.25) is 22.7 Å². The third kappa shape index (κ3) is 5.95. The van der Waals surface area contributed by atoms with Crippen molar-refractivity contribution in [1.29, 1.82) is 0 Å². The van der Waals surface area contributed by atoms with Gasteiger partial charge in [0, 0.05) is 6.42 Å². The first-order chi connectivity index (χ1) is 19.7. The Balaban J connectivity index is 1.10. The molecule has 0 amide bonds. The highest BCUT2D eigenvalue weighted by Gasteiger charge is 2.42. The summed E-state index contributed by atoms with van der Waals surface area (Å²) < 4.78 is 56.2. The van der Waals surface area contributed by atoms with Crippen molar-refractivity contribution in [3.05, 3.63) is 25.3 Å². The lowest BCUT2D eigenvalue weighted by atomic mass is 10.2. The van der Waals surface area contributed by atoms with Crippen molar-refractivity contribution < 1.29 is 37.1 Å². The highest BCUT2D eigenvalue weighted by atomic mass is 32.7. The molecule has 0 saturated carbocycles. The molecular weight excluding hydrogens is 602 g/mol. The van der Waals surface area contributed by atoms with E-state index in [0.717, 1.165) is 0 Å². The summed E-state index contributed by atoms with van der Waals surface area (Å²) >= 11 is 4.16. The fourth-order valence-electron chi connectivity index (χ4n) is 4.84. The number of anilines is 2. The molecule has 2 saturated heterocycles. The van der Waals surface area contributed by atoms with Crippen LogP contribution in [0.2, 0.25) is 0 Å². The first-order valence-corrected chi connectivity index (χ1v) is 16.3. The number of ether oxygens (including phenoxy) is 2. The molecule has 6 heterocycles. The highest BCUT2D eigenvalue weighted by Crippen LogP contribution is 2.56. The zero-order chi connectivity index (χ0) is 28.7. The van der Waals surface area contributed by atoms with Crippen molar-refractivity contribution in [1.82, 2.24) is 39.0 Å². The van der Waals surface area contributed by atoms with Gasteiger partial charge in [-0.1, -0.05) is 12.2 Å². The van der Waals surface area contributed by atoms with Gasteiger partial charge < -0.3 is 30.4 Å². The second-order valence-electron chi connectivity index (χ2n) is 9.31. The standard InChI is InChI=1S/C20H26N10O8P2S/c21-17-15-19(25-6-23-17)29(8-27-15)13-2-1-10(36-13)4-35-40(33,41)38-11-3-14(37-12(11)5-34-39(31)32)30-9-28-16-18(22)24-7-26-20(16)30/h6-14,39H,1-5H2,(H,31,32)(H,33,41)(H2,21,23,25)(H2,22,24,26)/t10-,11-,12+,13+,14+,40+/m0/s1. The number of hydrogen-bond acceptors (Lipinski definition) is 15. The van der Waals surface area contributed by atoms with E-state index in [9.17, 15) is 14.0 Å². The molecule has 2 fully saturated rings. The normalized spacial score (nSPS) is 27.0. The molecule has 0 bridgehead atoms. The molecule has 21 heteroatoms. The average molecular weight is 629 g/mol. The molecule has 6 rings (SSSR count). The van der Waals surface area contributed by atoms with Crippen LogP contribution in [0.15, 0.2) is 25.3 Å². The first kappa shape index (κ1) is 28.4. The van der Waals surface area contributed by atoms with Crippen LogP contribution in [0.25, 0.3) is 22.3 Å². The van der Waals surface area contributed by atoms with E-state index in [0.29, 0.717) is 35.2 Å². The molecule has 0 spiro atoms. The summed E-state index contributed by atoms with van der Waals surface area (Å²) in [7, 11) is -3.26. The van der Waals surface area contributed by atoms with Gasteiger partial charge in [0.15, 0.2) is 22.9 Å². The summed E-state index contributed by atoms with van der Waals surface area (Å²) in [6, 6.07) is 0. The van der Waals surface area contributed by atoms with Gasteiger partial charge >= 0.3 is 15.1 Å². The topological polar surface area (TPSA) is 240 Å². The van der Waals surface area contributed by atoms with E-state index in [-0.39, 0.29) is 37.5 Å². The maximum atomic E-state index is 13.2. The van der Waals surface area contributed by atoms with Crippen molar-refractivity contribution in [3.8, 4) is 0 Å². The van der Waals surface area contributed by atoms with E-state index >= 15 is 0 Å². The van der Waals surface area contributed by atoms with Crippen LogP contribution in [0, 0.1) is 0 Å². The molecule has 220 valence electrons. The SMILES string of the molecule is Nc1ncnc2c1ncn2[C@H]1CC[C@@H](CO[P@@](=O)(S)O[C@H]2C[C@H](n3cnc4c(N)ncnc43)O[C@@H]2CO[PH](=O)O)O1. The summed E-state index contributed by atoms with van der Waals surface area (Å²) in [5, 5.41) is 0. The number of nitrogens with zero attached hydrogens (tertiary/aromatic N) is 8. The van der Waals surface area contributed by atoms with E-state index in [2.05, 4.69) is 42.2 Å². The molecular formula is C20H26N10O8P2S. The monoisotopic (exact) mass is 628 g/mol. The third-order valence-corrected chi connectivity index (χ3v) is 8.78. The summed E-state index contributed by atoms with van der Waals surface area (Å²) in [5.74, 6) is 0.466. The maximum absolute atomic E-state index is 13.2. The molecule has 18 nitrogen and oxygen atoms in total. The Bertz CT molecular complexity index is 1640. The average Bonchev–Trinajstić information content (AvgIpc) is 3.72. The number of nitrogens with two attached hydrogens (primary N) is 2. The van der Waals surface area contributed by atoms with Crippen LogP contribution >= 0.6 is 27.3 Å². The summed E-state index contributed by atoms with van der Waals surface area (Å²) in [6.07, 6.45) is 3.87. The molecule has 41 heavy (non-hydrogen) atoms. The molecule has 7 atom stereocenters. The Morgan fingerprint density at radius 3 is 2.24 bits per heavy atom. The quantitative estimate of drug-likeness (QED) is 0.144. The zero-order valence-corrected chi connectivity index (χ0v) is 24.0. The van der Waals surface area contributed by atoms with Crippen LogP contribution in [0.4, 0.5) is 11.6 Å². The lowest BCUT2D eigenvalue weighted by Crippen LogP contribution is -2.27. The van der Waals surface area contributed by atoms with Crippen molar-refractivity contribution in [2.45, 2.75) is 50.0 Å². The molecule has 0 aliphatic carbocycles. The number of aromatic nitrogens is 8. The Labute approximate surface area is 237 Å². The molecule has 4 aromatic rings. The van der Waals surface area contributed by atoms with Gasteiger partial charge in [0.1, 0.15) is 48.4 Å². The van der Waals surface area contributed by atoms with Crippen molar-refractivity contribution in [2.75, 3.05) is 24.7 Å². The van der Waals surface area contributed by atoms with Gasteiger partial charge in [0.05, 0.1) is 32.0 Å². The van der Waals surface area contributed by atoms with Crippen LogP contribution in [0.5, 0.6) is 0 Å². The second-order valence-corrected chi connectivity index (χ2v) is 13.0. The van der Waals surface area contributed by atoms with Gasteiger partial charge in [0.2, 0.25) is 0 Å².